The predicted molar refractivity (Wildman–Crippen MR) is 72.8 cm³/mol. The second-order valence-corrected chi connectivity index (χ2v) is 5.50. The molecule has 1 aliphatic heterocycles. The molecule has 0 radical (unpaired) electrons. The largest absolute Gasteiger partial charge is 0.465 e. The van der Waals surface area contributed by atoms with Crippen LogP contribution in [-0.2, 0) is 6.18 Å². The highest BCUT2D eigenvalue weighted by Gasteiger charge is 2.35. The van der Waals surface area contributed by atoms with Crippen LogP contribution in [0.2, 0.25) is 5.15 Å². The SMILES string of the molecule is CC1CN(C(=O)O)CCC1Nc1ncc(C(F)(F)F)c(Cl)n1. The summed E-state index contributed by atoms with van der Waals surface area (Å²) >= 11 is 5.54. The number of aromatic nitrogens is 2. The molecule has 22 heavy (non-hydrogen) atoms. The van der Waals surface area contributed by atoms with Crippen molar-refractivity contribution in [3.8, 4) is 0 Å². The van der Waals surface area contributed by atoms with Gasteiger partial charge in [-0.25, -0.2) is 14.8 Å². The van der Waals surface area contributed by atoms with Crippen molar-refractivity contribution in [2.45, 2.75) is 25.6 Å². The van der Waals surface area contributed by atoms with Crippen molar-refractivity contribution in [1.82, 2.24) is 14.9 Å². The van der Waals surface area contributed by atoms with E-state index in [-0.39, 0.29) is 17.9 Å². The van der Waals surface area contributed by atoms with Gasteiger partial charge in [-0.1, -0.05) is 18.5 Å². The van der Waals surface area contributed by atoms with Gasteiger partial charge in [0.15, 0.2) is 0 Å². The number of hydrogen-bond donors (Lipinski definition) is 2. The van der Waals surface area contributed by atoms with Gasteiger partial charge in [0.2, 0.25) is 5.95 Å². The molecule has 1 fully saturated rings. The van der Waals surface area contributed by atoms with Crippen molar-refractivity contribution < 1.29 is 23.1 Å². The second kappa shape index (κ2) is 6.15. The molecule has 10 heteroatoms. The zero-order valence-corrected chi connectivity index (χ0v) is 12.3. The number of piperidine rings is 1. The van der Waals surface area contributed by atoms with Crippen molar-refractivity contribution in [1.29, 1.82) is 0 Å². The molecule has 2 heterocycles. The van der Waals surface area contributed by atoms with Crippen LogP contribution in [-0.4, -0.2) is 45.2 Å². The highest BCUT2D eigenvalue weighted by atomic mass is 35.5. The van der Waals surface area contributed by atoms with E-state index in [0.717, 1.165) is 0 Å². The van der Waals surface area contributed by atoms with Crippen LogP contribution in [0.25, 0.3) is 0 Å². The molecule has 122 valence electrons. The van der Waals surface area contributed by atoms with Gasteiger partial charge < -0.3 is 15.3 Å². The van der Waals surface area contributed by atoms with Crippen molar-refractivity contribution in [3.05, 3.63) is 16.9 Å². The van der Waals surface area contributed by atoms with Gasteiger partial charge in [-0.15, -0.1) is 0 Å². The summed E-state index contributed by atoms with van der Waals surface area (Å²) in [6.45, 7) is 2.52. The van der Waals surface area contributed by atoms with Gasteiger partial charge in [-0.2, -0.15) is 13.2 Å². The van der Waals surface area contributed by atoms with Gasteiger partial charge >= 0.3 is 12.3 Å². The standard InChI is InChI=1S/C12H14ClF3N4O2/c1-6-5-20(11(21)22)3-2-8(6)18-10-17-4-7(9(13)19-10)12(14,15)16/h4,6,8H,2-3,5H2,1H3,(H,21,22)(H,17,18,19). The fourth-order valence-electron chi connectivity index (χ4n) is 2.32. The number of likely N-dealkylation sites (tertiary alicyclic amines) is 1. The van der Waals surface area contributed by atoms with Crippen LogP contribution < -0.4 is 5.32 Å². The number of rotatable bonds is 2. The Morgan fingerprint density at radius 1 is 1.55 bits per heavy atom. The van der Waals surface area contributed by atoms with E-state index in [1.165, 1.54) is 4.90 Å². The molecule has 0 bridgehead atoms. The minimum atomic E-state index is -4.60. The van der Waals surface area contributed by atoms with E-state index < -0.39 is 23.0 Å². The molecule has 1 saturated heterocycles. The zero-order chi connectivity index (χ0) is 16.5. The lowest BCUT2D eigenvalue weighted by molar-refractivity contribution is -0.137. The second-order valence-electron chi connectivity index (χ2n) is 5.14. The molecule has 1 aliphatic rings. The molecule has 0 aliphatic carbocycles. The lowest BCUT2D eigenvalue weighted by atomic mass is 9.94. The van der Waals surface area contributed by atoms with E-state index in [4.69, 9.17) is 16.7 Å². The highest BCUT2D eigenvalue weighted by molar-refractivity contribution is 6.30. The van der Waals surface area contributed by atoms with E-state index >= 15 is 0 Å². The summed E-state index contributed by atoms with van der Waals surface area (Å²) in [5, 5.41) is 11.2. The number of carbonyl (C=O) groups is 1. The summed E-state index contributed by atoms with van der Waals surface area (Å²) in [7, 11) is 0. The number of hydrogen-bond acceptors (Lipinski definition) is 4. The zero-order valence-electron chi connectivity index (χ0n) is 11.6. The number of amides is 1. The Kier molecular flexibility index (Phi) is 4.64. The van der Waals surface area contributed by atoms with Gasteiger partial charge in [0.25, 0.3) is 0 Å². The number of carboxylic acid groups (broad SMARTS) is 1. The fraction of sp³-hybridized carbons (Fsp3) is 0.583. The first-order chi connectivity index (χ1) is 10.2. The first kappa shape index (κ1) is 16.6. The third kappa shape index (κ3) is 3.70. The maximum atomic E-state index is 12.6. The van der Waals surface area contributed by atoms with Crippen LogP contribution in [0.4, 0.5) is 23.9 Å². The summed E-state index contributed by atoms with van der Waals surface area (Å²) < 4.78 is 37.7. The van der Waals surface area contributed by atoms with Crippen LogP contribution >= 0.6 is 11.6 Å². The molecule has 0 aromatic carbocycles. The third-order valence-electron chi connectivity index (χ3n) is 3.54. The fourth-order valence-corrected chi connectivity index (χ4v) is 2.56. The van der Waals surface area contributed by atoms with Gasteiger partial charge in [0.1, 0.15) is 10.7 Å². The first-order valence-corrected chi connectivity index (χ1v) is 6.90. The quantitative estimate of drug-likeness (QED) is 0.811. The number of nitrogens with zero attached hydrogens (tertiary/aromatic N) is 3. The Bertz CT molecular complexity index is 570. The average molecular weight is 339 g/mol. The van der Waals surface area contributed by atoms with Crippen molar-refractivity contribution in [2.75, 3.05) is 18.4 Å². The monoisotopic (exact) mass is 338 g/mol. The van der Waals surface area contributed by atoms with E-state index in [2.05, 4.69) is 15.3 Å². The molecule has 0 saturated carbocycles. The Hall–Kier alpha value is -1.77. The van der Waals surface area contributed by atoms with Gasteiger partial charge in [0.05, 0.1) is 0 Å². The molecule has 0 spiro atoms. The van der Waals surface area contributed by atoms with E-state index in [1.807, 2.05) is 6.92 Å². The number of anilines is 1. The van der Waals surface area contributed by atoms with Crippen LogP contribution in [0.3, 0.4) is 0 Å². The van der Waals surface area contributed by atoms with Crippen LogP contribution in [0.5, 0.6) is 0 Å². The predicted octanol–water partition coefficient (Wildman–Crippen LogP) is 2.95. The molecular weight excluding hydrogens is 325 g/mol. The summed E-state index contributed by atoms with van der Waals surface area (Å²) in [4.78, 5) is 19.4. The molecule has 2 rings (SSSR count). The lowest BCUT2D eigenvalue weighted by Gasteiger charge is -2.35. The molecule has 1 aromatic rings. The Labute approximate surface area is 129 Å². The molecule has 2 unspecified atom stereocenters. The average Bonchev–Trinajstić information content (AvgIpc) is 2.39. The van der Waals surface area contributed by atoms with Gasteiger partial charge in [-0.05, 0) is 12.3 Å². The number of halogens is 4. The first-order valence-electron chi connectivity index (χ1n) is 6.52. The molecule has 6 nitrogen and oxygen atoms in total. The van der Waals surface area contributed by atoms with Gasteiger partial charge in [0, 0.05) is 25.3 Å². The van der Waals surface area contributed by atoms with Crippen molar-refractivity contribution >= 4 is 23.6 Å². The molecule has 1 amide bonds. The molecule has 2 N–H and O–H groups in total. The van der Waals surface area contributed by atoms with Crippen LogP contribution in [0.15, 0.2) is 6.20 Å². The molecular formula is C12H14ClF3N4O2. The topological polar surface area (TPSA) is 78.4 Å². The normalized spacial score (nSPS) is 22.5. The smallest absolute Gasteiger partial charge is 0.420 e. The summed E-state index contributed by atoms with van der Waals surface area (Å²) in [6.07, 6.45) is -4.45. The molecule has 1 aromatic heterocycles. The third-order valence-corrected chi connectivity index (χ3v) is 3.83. The van der Waals surface area contributed by atoms with Crippen LogP contribution in [0, 0.1) is 5.92 Å². The van der Waals surface area contributed by atoms with E-state index in [0.29, 0.717) is 25.7 Å². The number of alkyl halides is 3. The molecule has 2 atom stereocenters. The van der Waals surface area contributed by atoms with Crippen LogP contribution in [0.1, 0.15) is 18.9 Å². The number of nitrogens with one attached hydrogen (secondary N) is 1. The maximum Gasteiger partial charge on any atom is 0.420 e. The van der Waals surface area contributed by atoms with Crippen molar-refractivity contribution in [3.63, 3.8) is 0 Å². The maximum absolute atomic E-state index is 12.6. The van der Waals surface area contributed by atoms with E-state index in [1.54, 1.807) is 0 Å². The summed E-state index contributed by atoms with van der Waals surface area (Å²) in [6, 6.07) is -0.136. The minimum Gasteiger partial charge on any atom is -0.465 e. The van der Waals surface area contributed by atoms with Gasteiger partial charge in [-0.3, -0.25) is 0 Å². The minimum absolute atomic E-state index is 0.00127. The van der Waals surface area contributed by atoms with Crippen molar-refractivity contribution in [2.24, 2.45) is 5.92 Å². The Morgan fingerprint density at radius 2 is 2.23 bits per heavy atom. The Morgan fingerprint density at radius 3 is 2.73 bits per heavy atom. The summed E-state index contributed by atoms with van der Waals surface area (Å²) in [5.74, 6) is -0.0341. The Balaban J connectivity index is 2.06. The highest BCUT2D eigenvalue weighted by Crippen LogP contribution is 2.33. The van der Waals surface area contributed by atoms with E-state index in [9.17, 15) is 18.0 Å². The summed E-state index contributed by atoms with van der Waals surface area (Å²) in [5.41, 5.74) is -1.09. The lowest BCUT2D eigenvalue weighted by Crippen LogP contribution is -2.47.